The van der Waals surface area contributed by atoms with Gasteiger partial charge in [-0.15, -0.1) is 0 Å². The molecule has 0 aromatic heterocycles. The predicted octanol–water partition coefficient (Wildman–Crippen LogP) is 2.85. The highest BCUT2D eigenvalue weighted by molar-refractivity contribution is 5.74. The van der Waals surface area contributed by atoms with E-state index in [1.807, 2.05) is 45.0 Å². The number of benzene rings is 1. The third kappa shape index (κ3) is 4.28. The van der Waals surface area contributed by atoms with E-state index in [2.05, 4.69) is 10.6 Å². The summed E-state index contributed by atoms with van der Waals surface area (Å²) in [5.41, 5.74) is 1.02. The zero-order valence-electron chi connectivity index (χ0n) is 11.5. The molecule has 0 fully saturated rings. The highest BCUT2D eigenvalue weighted by Crippen LogP contribution is 2.18. The van der Waals surface area contributed by atoms with Crippen LogP contribution in [0.3, 0.4) is 0 Å². The Labute approximate surface area is 109 Å². The van der Waals surface area contributed by atoms with Crippen LogP contribution in [0.4, 0.5) is 4.79 Å². The summed E-state index contributed by atoms with van der Waals surface area (Å²) in [6, 6.07) is 7.69. The number of hydrogen-bond acceptors (Lipinski definition) is 2. The first kappa shape index (κ1) is 14.4. The maximum Gasteiger partial charge on any atom is 0.315 e. The maximum atomic E-state index is 11.7. The fourth-order valence-corrected chi connectivity index (χ4v) is 1.56. The van der Waals surface area contributed by atoms with E-state index in [4.69, 9.17) is 4.74 Å². The molecule has 0 saturated heterocycles. The molecule has 2 N–H and O–H groups in total. The molecule has 0 spiro atoms. The average Bonchev–Trinajstić information content (AvgIpc) is 2.38. The van der Waals surface area contributed by atoms with Crippen molar-refractivity contribution in [1.29, 1.82) is 0 Å². The van der Waals surface area contributed by atoms with Gasteiger partial charge in [0.15, 0.2) is 0 Å². The van der Waals surface area contributed by atoms with Crippen molar-refractivity contribution in [3.8, 4) is 5.75 Å². The third-order valence-corrected chi connectivity index (χ3v) is 2.93. The van der Waals surface area contributed by atoms with Gasteiger partial charge in [0.1, 0.15) is 5.75 Å². The van der Waals surface area contributed by atoms with Gasteiger partial charge in [0.05, 0.1) is 13.2 Å². The number of hydrogen-bond donors (Lipinski definition) is 2. The van der Waals surface area contributed by atoms with Crippen molar-refractivity contribution in [2.75, 3.05) is 7.11 Å². The van der Waals surface area contributed by atoms with Crippen LogP contribution in [0.25, 0.3) is 0 Å². The Morgan fingerprint density at radius 2 is 2.06 bits per heavy atom. The Morgan fingerprint density at radius 3 is 2.67 bits per heavy atom. The molecule has 0 unspecified atom stereocenters. The Morgan fingerprint density at radius 1 is 1.33 bits per heavy atom. The number of ether oxygens (including phenoxy) is 1. The van der Waals surface area contributed by atoms with E-state index in [-0.39, 0.29) is 18.1 Å². The molecule has 2 atom stereocenters. The van der Waals surface area contributed by atoms with Gasteiger partial charge in [-0.1, -0.05) is 19.1 Å². The first-order chi connectivity index (χ1) is 8.56. The quantitative estimate of drug-likeness (QED) is 0.844. The summed E-state index contributed by atoms with van der Waals surface area (Å²) < 4.78 is 5.16. The molecule has 0 bridgehead atoms. The zero-order valence-corrected chi connectivity index (χ0v) is 11.5. The monoisotopic (exact) mass is 250 g/mol. The molecule has 0 aliphatic rings. The number of urea groups is 1. The molecule has 1 aromatic carbocycles. The molecule has 1 aromatic rings. The normalized spacial score (nSPS) is 13.6. The Kier molecular flexibility index (Phi) is 5.49. The van der Waals surface area contributed by atoms with E-state index in [9.17, 15) is 4.79 Å². The second kappa shape index (κ2) is 6.89. The molecule has 4 nitrogen and oxygen atoms in total. The zero-order chi connectivity index (χ0) is 13.5. The Bertz CT molecular complexity index is 393. The lowest BCUT2D eigenvalue weighted by molar-refractivity contribution is 0.234. The Balaban J connectivity index is 2.58. The van der Waals surface area contributed by atoms with Crippen molar-refractivity contribution in [3.63, 3.8) is 0 Å². The van der Waals surface area contributed by atoms with Gasteiger partial charge in [-0.2, -0.15) is 0 Å². The molecular formula is C14H22N2O2. The largest absolute Gasteiger partial charge is 0.497 e. The molecule has 18 heavy (non-hydrogen) atoms. The lowest BCUT2D eigenvalue weighted by atomic mass is 10.1. The summed E-state index contributed by atoms with van der Waals surface area (Å²) in [4.78, 5) is 11.7. The summed E-state index contributed by atoms with van der Waals surface area (Å²) in [6.07, 6.45) is 0.918. The maximum absolute atomic E-state index is 11.7. The molecule has 4 heteroatoms. The van der Waals surface area contributed by atoms with E-state index < -0.39 is 0 Å². The van der Waals surface area contributed by atoms with Crippen LogP contribution in [-0.4, -0.2) is 19.2 Å². The van der Waals surface area contributed by atoms with Gasteiger partial charge >= 0.3 is 6.03 Å². The first-order valence-electron chi connectivity index (χ1n) is 6.27. The topological polar surface area (TPSA) is 50.4 Å². The summed E-state index contributed by atoms with van der Waals surface area (Å²) in [5, 5.41) is 5.78. The first-order valence-corrected chi connectivity index (χ1v) is 6.27. The molecular weight excluding hydrogens is 228 g/mol. The van der Waals surface area contributed by atoms with Crippen LogP contribution in [0.15, 0.2) is 24.3 Å². The summed E-state index contributed by atoms with van der Waals surface area (Å²) in [6.45, 7) is 5.97. The van der Waals surface area contributed by atoms with Crippen LogP contribution in [0.2, 0.25) is 0 Å². The van der Waals surface area contributed by atoms with Crippen LogP contribution in [-0.2, 0) is 0 Å². The van der Waals surface area contributed by atoms with Gasteiger partial charge in [-0.25, -0.2) is 4.79 Å². The molecule has 100 valence electrons. The minimum atomic E-state index is -0.139. The smallest absolute Gasteiger partial charge is 0.315 e. The number of methoxy groups -OCH3 is 1. The highest BCUT2D eigenvalue weighted by Gasteiger charge is 2.11. The van der Waals surface area contributed by atoms with Crippen molar-refractivity contribution in [3.05, 3.63) is 29.8 Å². The molecule has 0 aliphatic heterocycles. The van der Waals surface area contributed by atoms with Crippen molar-refractivity contribution < 1.29 is 9.53 Å². The van der Waals surface area contributed by atoms with Crippen LogP contribution < -0.4 is 15.4 Å². The predicted molar refractivity (Wildman–Crippen MR) is 72.8 cm³/mol. The number of amides is 2. The van der Waals surface area contributed by atoms with E-state index in [0.717, 1.165) is 17.7 Å². The van der Waals surface area contributed by atoms with Crippen molar-refractivity contribution >= 4 is 6.03 Å². The highest BCUT2D eigenvalue weighted by atomic mass is 16.5. The fourth-order valence-electron chi connectivity index (χ4n) is 1.56. The molecule has 0 radical (unpaired) electrons. The summed E-state index contributed by atoms with van der Waals surface area (Å²) >= 11 is 0. The average molecular weight is 250 g/mol. The number of nitrogens with one attached hydrogen (secondary N) is 2. The SMILES string of the molecule is CC[C@@H](C)NC(=O)N[C@@H](C)c1cccc(OC)c1. The van der Waals surface area contributed by atoms with Gasteiger partial charge in [-0.3, -0.25) is 0 Å². The van der Waals surface area contributed by atoms with E-state index >= 15 is 0 Å². The van der Waals surface area contributed by atoms with Crippen LogP contribution in [0, 0.1) is 0 Å². The second-order valence-corrected chi connectivity index (χ2v) is 4.43. The van der Waals surface area contributed by atoms with Gasteiger partial charge in [0.2, 0.25) is 0 Å². The molecule has 0 heterocycles. The van der Waals surface area contributed by atoms with E-state index in [0.29, 0.717) is 0 Å². The fraction of sp³-hybridized carbons (Fsp3) is 0.500. The third-order valence-electron chi connectivity index (χ3n) is 2.93. The van der Waals surface area contributed by atoms with Crippen LogP contribution in [0.5, 0.6) is 5.75 Å². The molecule has 0 aliphatic carbocycles. The Hall–Kier alpha value is -1.71. The standard InChI is InChI=1S/C14H22N2O2/c1-5-10(2)15-14(17)16-11(3)12-7-6-8-13(9-12)18-4/h6-11H,5H2,1-4H3,(H2,15,16,17)/t10-,11+/m1/s1. The minimum absolute atomic E-state index is 0.0517. The number of carbonyl (C=O) groups is 1. The van der Waals surface area contributed by atoms with E-state index in [1.54, 1.807) is 7.11 Å². The second-order valence-electron chi connectivity index (χ2n) is 4.43. The van der Waals surface area contributed by atoms with Crippen LogP contribution >= 0.6 is 0 Å². The molecule has 2 amide bonds. The molecule has 1 rings (SSSR count). The lowest BCUT2D eigenvalue weighted by Crippen LogP contribution is -2.41. The van der Waals surface area contributed by atoms with Crippen molar-refractivity contribution in [2.24, 2.45) is 0 Å². The van der Waals surface area contributed by atoms with Crippen molar-refractivity contribution in [1.82, 2.24) is 10.6 Å². The molecule has 0 saturated carbocycles. The van der Waals surface area contributed by atoms with Gasteiger partial charge in [0, 0.05) is 6.04 Å². The minimum Gasteiger partial charge on any atom is -0.497 e. The number of rotatable bonds is 5. The van der Waals surface area contributed by atoms with Crippen molar-refractivity contribution in [2.45, 2.75) is 39.3 Å². The van der Waals surface area contributed by atoms with Crippen LogP contribution in [0.1, 0.15) is 38.8 Å². The summed E-state index contributed by atoms with van der Waals surface area (Å²) in [7, 11) is 1.63. The van der Waals surface area contributed by atoms with Gasteiger partial charge in [0.25, 0.3) is 0 Å². The lowest BCUT2D eigenvalue weighted by Gasteiger charge is -2.18. The summed E-state index contributed by atoms with van der Waals surface area (Å²) in [5.74, 6) is 0.795. The van der Waals surface area contributed by atoms with Gasteiger partial charge < -0.3 is 15.4 Å². The van der Waals surface area contributed by atoms with E-state index in [1.165, 1.54) is 0 Å². The number of carbonyl (C=O) groups excluding carboxylic acids is 1. The van der Waals surface area contributed by atoms with Gasteiger partial charge in [-0.05, 0) is 38.0 Å².